The lowest BCUT2D eigenvalue weighted by atomic mass is 9.91. The highest BCUT2D eigenvalue weighted by Crippen LogP contribution is 2.30. The number of benzene rings is 2. The third-order valence-corrected chi connectivity index (χ3v) is 3.44. The van der Waals surface area contributed by atoms with Gasteiger partial charge in [0.15, 0.2) is 0 Å². The molecule has 0 radical (unpaired) electrons. The number of aromatic hydroxyl groups is 2. The first-order valence-corrected chi connectivity index (χ1v) is 6.98. The summed E-state index contributed by atoms with van der Waals surface area (Å²) < 4.78 is 0. The maximum Gasteiger partial charge on any atom is 0.201 e. The molecule has 0 atom stereocenters. The lowest BCUT2D eigenvalue weighted by Gasteiger charge is -2.13. The fourth-order valence-corrected chi connectivity index (χ4v) is 2.47. The van der Waals surface area contributed by atoms with Crippen LogP contribution >= 0.6 is 0 Å². The second-order valence-corrected chi connectivity index (χ2v) is 4.94. The SMILES string of the molecule is C=CCc1cccc(O)c1C(=O)c1c(O)cccc1CC=C. The van der Waals surface area contributed by atoms with Crippen LogP contribution in [-0.2, 0) is 12.8 Å². The maximum atomic E-state index is 12.9. The van der Waals surface area contributed by atoms with Gasteiger partial charge in [0.05, 0.1) is 11.1 Å². The van der Waals surface area contributed by atoms with E-state index in [1.165, 1.54) is 12.1 Å². The zero-order chi connectivity index (χ0) is 16.1. The van der Waals surface area contributed by atoms with E-state index in [2.05, 4.69) is 13.2 Å². The quantitative estimate of drug-likeness (QED) is 0.629. The standard InChI is InChI=1S/C19H18O3/c1-3-7-13-9-5-11-15(20)17(13)19(22)18-14(8-4-2)10-6-12-16(18)21/h3-6,9-12,20-21H,1-2,7-8H2. The molecule has 0 unspecified atom stereocenters. The van der Waals surface area contributed by atoms with E-state index < -0.39 is 5.78 Å². The van der Waals surface area contributed by atoms with Gasteiger partial charge in [-0.15, -0.1) is 13.2 Å². The van der Waals surface area contributed by atoms with Gasteiger partial charge in [-0.05, 0) is 36.1 Å². The molecule has 2 aromatic carbocycles. The zero-order valence-corrected chi connectivity index (χ0v) is 12.2. The van der Waals surface area contributed by atoms with Crippen molar-refractivity contribution >= 4 is 5.78 Å². The van der Waals surface area contributed by atoms with Crippen LogP contribution in [-0.4, -0.2) is 16.0 Å². The highest BCUT2D eigenvalue weighted by Gasteiger charge is 2.22. The van der Waals surface area contributed by atoms with Crippen molar-refractivity contribution in [3.63, 3.8) is 0 Å². The lowest BCUT2D eigenvalue weighted by Crippen LogP contribution is -2.09. The van der Waals surface area contributed by atoms with E-state index in [1.54, 1.807) is 36.4 Å². The third-order valence-electron chi connectivity index (χ3n) is 3.44. The second-order valence-electron chi connectivity index (χ2n) is 4.94. The molecular weight excluding hydrogens is 276 g/mol. The number of hydrogen-bond donors (Lipinski definition) is 2. The number of phenols is 2. The van der Waals surface area contributed by atoms with Crippen molar-refractivity contribution in [2.45, 2.75) is 12.8 Å². The number of hydrogen-bond acceptors (Lipinski definition) is 3. The molecule has 0 aliphatic rings. The molecule has 0 fully saturated rings. The van der Waals surface area contributed by atoms with Gasteiger partial charge >= 0.3 is 0 Å². The fourth-order valence-electron chi connectivity index (χ4n) is 2.47. The van der Waals surface area contributed by atoms with Crippen molar-refractivity contribution in [1.29, 1.82) is 0 Å². The predicted octanol–water partition coefficient (Wildman–Crippen LogP) is 3.79. The Kier molecular flexibility index (Phi) is 4.79. The molecule has 0 aliphatic heterocycles. The molecule has 2 N–H and O–H groups in total. The van der Waals surface area contributed by atoms with Gasteiger partial charge in [0.1, 0.15) is 11.5 Å². The number of phenolic OH excluding ortho intramolecular Hbond substituents is 2. The first-order valence-electron chi connectivity index (χ1n) is 6.98. The minimum atomic E-state index is -0.398. The average molecular weight is 294 g/mol. The van der Waals surface area contributed by atoms with E-state index in [4.69, 9.17) is 0 Å². The van der Waals surface area contributed by atoms with E-state index >= 15 is 0 Å². The monoisotopic (exact) mass is 294 g/mol. The summed E-state index contributed by atoms with van der Waals surface area (Å²) in [6.07, 6.45) is 4.25. The minimum absolute atomic E-state index is 0.0999. The van der Waals surface area contributed by atoms with Crippen molar-refractivity contribution in [3.8, 4) is 11.5 Å². The molecular formula is C19H18O3. The average Bonchev–Trinajstić information content (AvgIpc) is 2.48. The molecule has 0 saturated heterocycles. The van der Waals surface area contributed by atoms with Crippen molar-refractivity contribution < 1.29 is 15.0 Å². The number of ketones is 1. The highest BCUT2D eigenvalue weighted by atomic mass is 16.3. The number of carbonyl (C=O) groups excluding carboxylic acids is 1. The molecule has 0 heterocycles. The van der Waals surface area contributed by atoms with Gasteiger partial charge in [0.25, 0.3) is 0 Å². The molecule has 0 aromatic heterocycles. The van der Waals surface area contributed by atoms with E-state index in [9.17, 15) is 15.0 Å². The van der Waals surface area contributed by atoms with Crippen LogP contribution in [0.1, 0.15) is 27.0 Å². The molecule has 0 spiro atoms. The van der Waals surface area contributed by atoms with Crippen LogP contribution in [0.3, 0.4) is 0 Å². The Hall–Kier alpha value is -2.81. The Labute approximate surface area is 129 Å². The minimum Gasteiger partial charge on any atom is -0.507 e. The number of allylic oxidation sites excluding steroid dienone is 2. The summed E-state index contributed by atoms with van der Waals surface area (Å²) in [6, 6.07) is 9.82. The van der Waals surface area contributed by atoms with Gasteiger partial charge in [-0.2, -0.15) is 0 Å². The molecule has 3 nitrogen and oxygen atoms in total. The summed E-state index contributed by atoms with van der Waals surface area (Å²) in [5.74, 6) is -0.598. The molecule has 3 heteroatoms. The molecule has 0 amide bonds. The first kappa shape index (κ1) is 15.6. The van der Waals surface area contributed by atoms with Gasteiger partial charge in [-0.1, -0.05) is 36.4 Å². The van der Waals surface area contributed by atoms with Crippen molar-refractivity contribution in [3.05, 3.63) is 84.0 Å². The Balaban J connectivity index is 2.63. The van der Waals surface area contributed by atoms with Crippen molar-refractivity contribution in [2.75, 3.05) is 0 Å². The molecule has 0 aliphatic carbocycles. The summed E-state index contributed by atoms with van der Waals surface area (Å²) in [5.41, 5.74) is 1.75. The Bertz CT molecular complexity index is 668. The summed E-state index contributed by atoms with van der Waals surface area (Å²) in [7, 11) is 0. The maximum absolute atomic E-state index is 12.9. The summed E-state index contributed by atoms with van der Waals surface area (Å²) >= 11 is 0. The summed E-state index contributed by atoms with van der Waals surface area (Å²) in [4.78, 5) is 12.9. The Morgan fingerprint density at radius 1 is 0.864 bits per heavy atom. The molecule has 2 rings (SSSR count). The summed E-state index contributed by atoms with van der Waals surface area (Å²) in [5, 5.41) is 20.2. The van der Waals surface area contributed by atoms with E-state index in [0.717, 1.165) is 0 Å². The first-order chi connectivity index (χ1) is 10.6. The van der Waals surface area contributed by atoms with Crippen LogP contribution in [0.25, 0.3) is 0 Å². The second kappa shape index (κ2) is 6.76. The van der Waals surface area contributed by atoms with Crippen LogP contribution in [0, 0.1) is 0 Å². The van der Waals surface area contributed by atoms with E-state index in [-0.39, 0.29) is 22.6 Å². The van der Waals surface area contributed by atoms with Gasteiger partial charge in [-0.25, -0.2) is 0 Å². The van der Waals surface area contributed by atoms with E-state index in [1.807, 2.05) is 0 Å². The van der Waals surface area contributed by atoms with Crippen LogP contribution in [0.2, 0.25) is 0 Å². The van der Waals surface area contributed by atoms with E-state index in [0.29, 0.717) is 24.0 Å². The molecule has 0 bridgehead atoms. The molecule has 22 heavy (non-hydrogen) atoms. The lowest BCUT2D eigenvalue weighted by molar-refractivity contribution is 0.103. The molecule has 2 aromatic rings. The predicted molar refractivity (Wildman–Crippen MR) is 87.4 cm³/mol. The van der Waals surface area contributed by atoms with Crippen molar-refractivity contribution in [2.24, 2.45) is 0 Å². The Morgan fingerprint density at radius 2 is 1.27 bits per heavy atom. The molecule has 0 saturated carbocycles. The van der Waals surface area contributed by atoms with Crippen molar-refractivity contribution in [1.82, 2.24) is 0 Å². The van der Waals surface area contributed by atoms with Crippen LogP contribution < -0.4 is 0 Å². The zero-order valence-electron chi connectivity index (χ0n) is 12.2. The van der Waals surface area contributed by atoms with Gasteiger partial charge in [-0.3, -0.25) is 4.79 Å². The number of carbonyl (C=O) groups is 1. The smallest absolute Gasteiger partial charge is 0.201 e. The van der Waals surface area contributed by atoms with Crippen LogP contribution in [0.15, 0.2) is 61.7 Å². The fraction of sp³-hybridized carbons (Fsp3) is 0.105. The van der Waals surface area contributed by atoms with Crippen LogP contribution in [0.4, 0.5) is 0 Å². The third kappa shape index (κ3) is 2.93. The van der Waals surface area contributed by atoms with Gasteiger partial charge in [0.2, 0.25) is 5.78 Å². The van der Waals surface area contributed by atoms with Gasteiger partial charge in [0, 0.05) is 0 Å². The Morgan fingerprint density at radius 3 is 1.64 bits per heavy atom. The normalized spacial score (nSPS) is 10.2. The summed E-state index contributed by atoms with van der Waals surface area (Å²) in [6.45, 7) is 7.34. The highest BCUT2D eigenvalue weighted by molar-refractivity contribution is 6.14. The topological polar surface area (TPSA) is 57.5 Å². The largest absolute Gasteiger partial charge is 0.507 e. The van der Waals surface area contributed by atoms with Crippen LogP contribution in [0.5, 0.6) is 11.5 Å². The number of rotatable bonds is 6. The van der Waals surface area contributed by atoms with Gasteiger partial charge < -0.3 is 10.2 Å². The molecule has 112 valence electrons.